The van der Waals surface area contributed by atoms with E-state index in [1.165, 1.54) is 0 Å². The fraction of sp³-hybridized carbons (Fsp3) is 0.188. The highest BCUT2D eigenvalue weighted by Gasteiger charge is 2.19. The lowest BCUT2D eigenvalue weighted by atomic mass is 9.88. The number of carbonyl (C=O) groups excluding carboxylic acids is 2. The summed E-state index contributed by atoms with van der Waals surface area (Å²) in [5, 5.41) is 0. The first kappa shape index (κ1) is 11.8. The minimum absolute atomic E-state index is 0.0959. The van der Waals surface area contributed by atoms with Crippen molar-refractivity contribution in [3.8, 4) is 0 Å². The molecule has 0 unspecified atom stereocenters. The van der Waals surface area contributed by atoms with Crippen LogP contribution in [0.25, 0.3) is 0 Å². The molecule has 0 atom stereocenters. The van der Waals surface area contributed by atoms with Gasteiger partial charge in [0.25, 0.3) is 0 Å². The predicted octanol–water partition coefficient (Wildman–Crippen LogP) is 2.83. The van der Waals surface area contributed by atoms with Crippen molar-refractivity contribution in [2.75, 3.05) is 0 Å². The minimum Gasteiger partial charge on any atom is -0.294 e. The lowest BCUT2D eigenvalue weighted by Gasteiger charge is -2.15. The third-order valence-corrected chi connectivity index (χ3v) is 3.42. The molecule has 3 nitrogen and oxygen atoms in total. The Kier molecular flexibility index (Phi) is 2.95. The Labute approximate surface area is 111 Å². The zero-order chi connectivity index (χ0) is 13.2. The average molecular weight is 251 g/mol. The smallest absolute Gasteiger partial charge is 0.211 e. The number of benzene rings is 1. The number of ketones is 2. The summed E-state index contributed by atoms with van der Waals surface area (Å²) in [7, 11) is 0. The largest absolute Gasteiger partial charge is 0.294 e. The van der Waals surface area contributed by atoms with Gasteiger partial charge in [0.05, 0.1) is 0 Å². The van der Waals surface area contributed by atoms with E-state index < -0.39 is 0 Å². The molecule has 0 radical (unpaired) electrons. The SMILES string of the molecule is O=C(c1ccc2c(c1)CCCC2=O)c1ccccn1. The van der Waals surface area contributed by atoms with Crippen molar-refractivity contribution < 1.29 is 9.59 Å². The Bertz CT molecular complexity index is 647. The van der Waals surface area contributed by atoms with E-state index in [2.05, 4.69) is 4.98 Å². The summed E-state index contributed by atoms with van der Waals surface area (Å²) in [6.07, 6.45) is 3.95. The maximum atomic E-state index is 12.3. The number of rotatable bonds is 2. The van der Waals surface area contributed by atoms with Gasteiger partial charge in [-0.2, -0.15) is 0 Å². The van der Waals surface area contributed by atoms with Gasteiger partial charge in [-0.15, -0.1) is 0 Å². The van der Waals surface area contributed by atoms with Crippen LogP contribution in [0.4, 0.5) is 0 Å². The van der Waals surface area contributed by atoms with E-state index in [4.69, 9.17) is 0 Å². The Balaban J connectivity index is 1.99. The summed E-state index contributed by atoms with van der Waals surface area (Å²) in [5.74, 6) is 0.0829. The lowest BCUT2D eigenvalue weighted by Crippen LogP contribution is -2.12. The van der Waals surface area contributed by atoms with Crippen molar-refractivity contribution in [2.45, 2.75) is 19.3 Å². The van der Waals surface area contributed by atoms with Gasteiger partial charge in [-0.3, -0.25) is 14.6 Å². The normalized spacial score (nSPS) is 14.0. The maximum Gasteiger partial charge on any atom is 0.211 e. The fourth-order valence-corrected chi connectivity index (χ4v) is 2.43. The molecular weight excluding hydrogens is 238 g/mol. The minimum atomic E-state index is -0.0959. The summed E-state index contributed by atoms with van der Waals surface area (Å²) in [6, 6.07) is 10.6. The molecular formula is C16H13NO2. The van der Waals surface area contributed by atoms with Crippen LogP contribution < -0.4 is 0 Å². The van der Waals surface area contributed by atoms with E-state index in [-0.39, 0.29) is 11.6 Å². The van der Waals surface area contributed by atoms with Crippen LogP contribution in [0, 0.1) is 0 Å². The topological polar surface area (TPSA) is 47.0 Å². The van der Waals surface area contributed by atoms with Crippen LogP contribution in [0.3, 0.4) is 0 Å². The van der Waals surface area contributed by atoms with Crippen LogP contribution in [-0.2, 0) is 6.42 Å². The molecule has 0 amide bonds. The molecule has 0 saturated heterocycles. The zero-order valence-electron chi connectivity index (χ0n) is 10.4. The molecule has 0 aliphatic heterocycles. The monoisotopic (exact) mass is 251 g/mol. The van der Waals surface area contributed by atoms with Crippen LogP contribution in [0.15, 0.2) is 42.6 Å². The van der Waals surface area contributed by atoms with Crippen LogP contribution in [0.1, 0.15) is 44.8 Å². The third kappa shape index (κ3) is 2.19. The second-order valence-electron chi connectivity index (χ2n) is 4.69. The molecule has 3 rings (SSSR count). The second kappa shape index (κ2) is 4.76. The van der Waals surface area contributed by atoms with E-state index in [0.29, 0.717) is 17.7 Å². The Morgan fingerprint density at radius 1 is 1.11 bits per heavy atom. The number of fused-ring (bicyclic) bond motifs is 1. The van der Waals surface area contributed by atoms with Crippen molar-refractivity contribution in [1.82, 2.24) is 4.98 Å². The molecule has 1 aliphatic carbocycles. The standard InChI is InChI=1S/C16H13NO2/c18-15-6-3-4-11-10-12(7-8-13(11)15)16(19)14-5-1-2-9-17-14/h1-2,5,7-10H,3-4,6H2. The number of carbonyl (C=O) groups is 2. The number of hydrogen-bond acceptors (Lipinski definition) is 3. The van der Waals surface area contributed by atoms with E-state index in [0.717, 1.165) is 24.0 Å². The van der Waals surface area contributed by atoms with E-state index in [1.807, 2.05) is 6.07 Å². The van der Waals surface area contributed by atoms with Gasteiger partial charge in [-0.25, -0.2) is 0 Å². The number of hydrogen-bond donors (Lipinski definition) is 0. The number of nitrogens with zero attached hydrogens (tertiary/aromatic N) is 1. The van der Waals surface area contributed by atoms with Gasteiger partial charge in [-0.1, -0.05) is 18.2 Å². The van der Waals surface area contributed by atoms with Gasteiger partial charge < -0.3 is 0 Å². The van der Waals surface area contributed by atoms with Crippen molar-refractivity contribution >= 4 is 11.6 Å². The zero-order valence-corrected chi connectivity index (χ0v) is 10.4. The Hall–Kier alpha value is -2.29. The molecule has 1 aromatic heterocycles. The highest BCUT2D eigenvalue weighted by Crippen LogP contribution is 2.23. The number of Topliss-reactive ketones (excluding diaryl/α,β-unsaturated/α-hetero) is 1. The Morgan fingerprint density at radius 2 is 2.00 bits per heavy atom. The Morgan fingerprint density at radius 3 is 2.79 bits per heavy atom. The predicted molar refractivity (Wildman–Crippen MR) is 71.4 cm³/mol. The summed E-state index contributed by atoms with van der Waals surface area (Å²) in [4.78, 5) is 28.1. The van der Waals surface area contributed by atoms with Gasteiger partial charge in [0.15, 0.2) is 5.78 Å². The van der Waals surface area contributed by atoms with E-state index in [9.17, 15) is 9.59 Å². The lowest BCUT2D eigenvalue weighted by molar-refractivity contribution is 0.0970. The second-order valence-corrected chi connectivity index (χ2v) is 4.69. The highest BCUT2D eigenvalue weighted by atomic mass is 16.1. The van der Waals surface area contributed by atoms with Crippen LogP contribution in [0.2, 0.25) is 0 Å². The van der Waals surface area contributed by atoms with Crippen LogP contribution in [-0.4, -0.2) is 16.6 Å². The summed E-state index contributed by atoms with van der Waals surface area (Å²) < 4.78 is 0. The van der Waals surface area contributed by atoms with Crippen molar-refractivity contribution in [2.24, 2.45) is 0 Å². The molecule has 0 N–H and O–H groups in total. The number of aromatic nitrogens is 1. The summed E-state index contributed by atoms with van der Waals surface area (Å²) in [6.45, 7) is 0. The number of aryl methyl sites for hydroxylation is 1. The van der Waals surface area contributed by atoms with Gasteiger partial charge in [0, 0.05) is 23.7 Å². The molecule has 0 fully saturated rings. The molecule has 1 heterocycles. The van der Waals surface area contributed by atoms with Gasteiger partial charge >= 0.3 is 0 Å². The molecule has 0 spiro atoms. The molecule has 19 heavy (non-hydrogen) atoms. The highest BCUT2D eigenvalue weighted by molar-refractivity contribution is 6.08. The quantitative estimate of drug-likeness (QED) is 0.771. The van der Waals surface area contributed by atoms with Gasteiger partial charge in [0.1, 0.15) is 5.69 Å². The third-order valence-electron chi connectivity index (χ3n) is 3.42. The molecule has 0 bridgehead atoms. The summed E-state index contributed by atoms with van der Waals surface area (Å²) >= 11 is 0. The van der Waals surface area contributed by atoms with Crippen LogP contribution >= 0.6 is 0 Å². The average Bonchev–Trinajstić information content (AvgIpc) is 2.47. The maximum absolute atomic E-state index is 12.3. The summed E-state index contributed by atoms with van der Waals surface area (Å²) in [5.41, 5.74) is 2.79. The van der Waals surface area contributed by atoms with Crippen molar-refractivity contribution in [3.63, 3.8) is 0 Å². The van der Waals surface area contributed by atoms with Crippen LogP contribution in [0.5, 0.6) is 0 Å². The van der Waals surface area contributed by atoms with E-state index in [1.54, 1.807) is 36.5 Å². The first-order chi connectivity index (χ1) is 9.25. The molecule has 94 valence electrons. The first-order valence-corrected chi connectivity index (χ1v) is 6.37. The van der Waals surface area contributed by atoms with Gasteiger partial charge in [-0.05, 0) is 36.6 Å². The van der Waals surface area contributed by atoms with Crippen molar-refractivity contribution in [1.29, 1.82) is 0 Å². The fourth-order valence-electron chi connectivity index (χ4n) is 2.43. The molecule has 0 saturated carbocycles. The number of pyridine rings is 1. The molecule has 2 aromatic rings. The molecule has 1 aliphatic rings. The molecule has 3 heteroatoms. The van der Waals surface area contributed by atoms with Crippen molar-refractivity contribution in [3.05, 3.63) is 65.0 Å². The van der Waals surface area contributed by atoms with E-state index >= 15 is 0 Å². The first-order valence-electron chi connectivity index (χ1n) is 6.37. The molecule has 1 aromatic carbocycles. The van der Waals surface area contributed by atoms with Gasteiger partial charge in [0.2, 0.25) is 5.78 Å².